The lowest BCUT2D eigenvalue weighted by Gasteiger charge is -2.46. The number of pyridine rings is 1. The van der Waals surface area contributed by atoms with Crippen molar-refractivity contribution in [3.05, 3.63) is 23.9 Å². The molecule has 0 atom stereocenters. The molecule has 2 rings (SSSR count). The summed E-state index contributed by atoms with van der Waals surface area (Å²) in [6, 6.07) is 4.08. The minimum atomic E-state index is 0.107. The van der Waals surface area contributed by atoms with Crippen LogP contribution in [-0.4, -0.2) is 22.2 Å². The van der Waals surface area contributed by atoms with Crippen LogP contribution in [0.3, 0.4) is 0 Å². The first kappa shape index (κ1) is 18.0. The fourth-order valence-electron chi connectivity index (χ4n) is 3.17. The first-order chi connectivity index (χ1) is 9.80. The molecule has 0 radical (unpaired) electrons. The van der Waals surface area contributed by atoms with Gasteiger partial charge in [0.05, 0.1) is 0 Å². The molecule has 0 amide bonds. The van der Waals surface area contributed by atoms with E-state index in [1.165, 1.54) is 5.56 Å². The molecule has 1 saturated heterocycles. The quantitative estimate of drug-likeness (QED) is 0.899. The normalized spacial score (nSPS) is 20.3. The van der Waals surface area contributed by atoms with Crippen LogP contribution in [0.1, 0.15) is 66.9 Å². The number of hydrogen-bond donors (Lipinski definition) is 1. The molecule has 3 nitrogen and oxygen atoms in total. The number of aryl methyl sites for hydroxylation is 1. The third-order valence-electron chi connectivity index (χ3n) is 3.65. The molecule has 0 bridgehead atoms. The number of rotatable bonds is 3. The maximum absolute atomic E-state index is 6.07. The third kappa shape index (κ3) is 5.66. The number of ether oxygens (including phenoxy) is 1. The summed E-state index contributed by atoms with van der Waals surface area (Å²) in [4.78, 5) is 4.40. The van der Waals surface area contributed by atoms with E-state index >= 15 is 0 Å². The van der Waals surface area contributed by atoms with Crippen LogP contribution in [0.4, 0.5) is 0 Å². The van der Waals surface area contributed by atoms with E-state index in [0.717, 1.165) is 25.1 Å². The van der Waals surface area contributed by atoms with Crippen LogP contribution in [0.15, 0.2) is 18.3 Å². The molecular formula is C18H32N2O. The number of piperidine rings is 1. The predicted molar refractivity (Wildman–Crippen MR) is 89.9 cm³/mol. The van der Waals surface area contributed by atoms with Crippen LogP contribution in [0, 0.1) is 0 Å². The van der Waals surface area contributed by atoms with Crippen molar-refractivity contribution in [3.63, 3.8) is 0 Å². The Kier molecular flexibility index (Phi) is 6.21. The van der Waals surface area contributed by atoms with Crippen LogP contribution in [0.2, 0.25) is 0 Å². The summed E-state index contributed by atoms with van der Waals surface area (Å²) in [5.41, 5.74) is 1.46. The van der Waals surface area contributed by atoms with E-state index in [0.29, 0.717) is 0 Å². The molecule has 0 unspecified atom stereocenters. The Balaban J connectivity index is 0.00000106. The van der Waals surface area contributed by atoms with Gasteiger partial charge in [0.15, 0.2) is 0 Å². The van der Waals surface area contributed by atoms with Gasteiger partial charge >= 0.3 is 0 Å². The second-order valence-corrected chi connectivity index (χ2v) is 6.90. The van der Waals surface area contributed by atoms with Gasteiger partial charge < -0.3 is 10.1 Å². The van der Waals surface area contributed by atoms with Crippen molar-refractivity contribution in [1.29, 1.82) is 0 Å². The van der Waals surface area contributed by atoms with Gasteiger partial charge in [0.25, 0.3) is 0 Å². The molecule has 1 aliphatic rings. The van der Waals surface area contributed by atoms with Gasteiger partial charge in [-0.25, -0.2) is 4.98 Å². The predicted octanol–water partition coefficient (Wildman–Crippen LogP) is 4.36. The van der Waals surface area contributed by atoms with Gasteiger partial charge in [0, 0.05) is 36.2 Å². The zero-order chi connectivity index (χ0) is 16.1. The molecule has 1 fully saturated rings. The molecule has 2 heterocycles. The fourth-order valence-corrected chi connectivity index (χ4v) is 3.17. The van der Waals surface area contributed by atoms with Crippen LogP contribution < -0.4 is 10.1 Å². The maximum Gasteiger partial charge on any atom is 0.213 e. The van der Waals surface area contributed by atoms with Crippen molar-refractivity contribution in [1.82, 2.24) is 10.3 Å². The van der Waals surface area contributed by atoms with E-state index in [2.05, 4.69) is 51.0 Å². The summed E-state index contributed by atoms with van der Waals surface area (Å²) in [6.45, 7) is 15.1. The van der Waals surface area contributed by atoms with Crippen molar-refractivity contribution in [3.8, 4) is 5.88 Å². The summed E-state index contributed by atoms with van der Waals surface area (Å²) in [5, 5.41) is 3.67. The van der Waals surface area contributed by atoms with Crippen molar-refractivity contribution < 1.29 is 4.74 Å². The van der Waals surface area contributed by atoms with Gasteiger partial charge in [-0.3, -0.25) is 0 Å². The van der Waals surface area contributed by atoms with E-state index in [9.17, 15) is 0 Å². The van der Waals surface area contributed by atoms with E-state index in [1.54, 1.807) is 0 Å². The average Bonchev–Trinajstić information content (AvgIpc) is 2.38. The Morgan fingerprint density at radius 2 is 1.71 bits per heavy atom. The lowest BCUT2D eigenvalue weighted by molar-refractivity contribution is 0.0530. The molecule has 0 saturated carbocycles. The molecule has 1 N–H and O–H groups in total. The zero-order valence-electron chi connectivity index (χ0n) is 14.8. The summed E-state index contributed by atoms with van der Waals surface area (Å²) >= 11 is 0. The molecule has 0 aliphatic carbocycles. The second-order valence-electron chi connectivity index (χ2n) is 6.90. The van der Waals surface area contributed by atoms with Crippen LogP contribution in [0.5, 0.6) is 5.88 Å². The highest BCUT2D eigenvalue weighted by Crippen LogP contribution is 2.30. The number of hydrogen-bond acceptors (Lipinski definition) is 3. The Bertz CT molecular complexity index is 407. The summed E-state index contributed by atoms with van der Waals surface area (Å²) < 4.78 is 6.07. The lowest BCUT2D eigenvalue weighted by atomic mass is 9.81. The largest absolute Gasteiger partial charge is 0.474 e. The monoisotopic (exact) mass is 292 g/mol. The highest BCUT2D eigenvalue weighted by molar-refractivity contribution is 5.18. The lowest BCUT2D eigenvalue weighted by Crippen LogP contribution is -2.60. The summed E-state index contributed by atoms with van der Waals surface area (Å²) in [7, 11) is 0. The summed E-state index contributed by atoms with van der Waals surface area (Å²) in [5.74, 6) is 0.746. The Hall–Kier alpha value is -1.09. The SMILES string of the molecule is CC.CCc1ccc(OC2CC(C)(C)NC(C)(C)C2)nc1. The first-order valence-electron chi connectivity index (χ1n) is 8.21. The molecule has 0 aromatic carbocycles. The van der Waals surface area contributed by atoms with Gasteiger partial charge in [0.2, 0.25) is 5.88 Å². The average molecular weight is 292 g/mol. The van der Waals surface area contributed by atoms with Gasteiger partial charge in [-0.2, -0.15) is 0 Å². The molecule has 1 aliphatic heterocycles. The highest BCUT2D eigenvalue weighted by Gasteiger charge is 2.38. The zero-order valence-corrected chi connectivity index (χ0v) is 14.8. The van der Waals surface area contributed by atoms with Crippen LogP contribution >= 0.6 is 0 Å². The molecule has 0 spiro atoms. The molecule has 1 aromatic heterocycles. The second kappa shape index (κ2) is 7.26. The number of aromatic nitrogens is 1. The minimum Gasteiger partial charge on any atom is -0.474 e. The van der Waals surface area contributed by atoms with Crippen molar-refractivity contribution in [2.75, 3.05) is 0 Å². The van der Waals surface area contributed by atoms with E-state index in [-0.39, 0.29) is 17.2 Å². The molecule has 3 heteroatoms. The number of nitrogens with one attached hydrogen (secondary N) is 1. The molecular weight excluding hydrogens is 260 g/mol. The van der Waals surface area contributed by atoms with Gasteiger partial charge in [0.1, 0.15) is 6.10 Å². The van der Waals surface area contributed by atoms with E-state index in [4.69, 9.17) is 4.74 Å². The van der Waals surface area contributed by atoms with Gasteiger partial charge in [-0.1, -0.05) is 26.8 Å². The molecule has 1 aromatic rings. The minimum absolute atomic E-state index is 0.107. The van der Waals surface area contributed by atoms with Gasteiger partial charge in [-0.05, 0) is 39.7 Å². The standard InChI is InChI=1S/C16H26N2O.C2H6/c1-6-12-7-8-14(17-11-12)19-13-9-15(2,3)18-16(4,5)10-13;1-2/h7-8,11,13,18H,6,9-10H2,1-5H3;1-2H3. The van der Waals surface area contributed by atoms with Crippen molar-refractivity contribution in [2.24, 2.45) is 0 Å². The summed E-state index contributed by atoms with van der Waals surface area (Å²) in [6.07, 6.45) is 5.17. The molecule has 120 valence electrons. The van der Waals surface area contributed by atoms with Crippen molar-refractivity contribution in [2.45, 2.75) is 84.9 Å². The van der Waals surface area contributed by atoms with Crippen LogP contribution in [0.25, 0.3) is 0 Å². The third-order valence-corrected chi connectivity index (χ3v) is 3.65. The van der Waals surface area contributed by atoms with E-state index in [1.807, 2.05) is 26.1 Å². The highest BCUT2D eigenvalue weighted by atomic mass is 16.5. The Labute approximate surface area is 130 Å². The Morgan fingerprint density at radius 1 is 1.14 bits per heavy atom. The van der Waals surface area contributed by atoms with Crippen LogP contribution in [-0.2, 0) is 6.42 Å². The van der Waals surface area contributed by atoms with E-state index < -0.39 is 0 Å². The molecule has 21 heavy (non-hydrogen) atoms. The topological polar surface area (TPSA) is 34.1 Å². The fraction of sp³-hybridized carbons (Fsp3) is 0.722. The van der Waals surface area contributed by atoms with Gasteiger partial charge in [-0.15, -0.1) is 0 Å². The Morgan fingerprint density at radius 3 is 2.14 bits per heavy atom. The smallest absolute Gasteiger partial charge is 0.213 e. The first-order valence-corrected chi connectivity index (χ1v) is 8.21. The number of nitrogens with zero attached hydrogens (tertiary/aromatic N) is 1. The maximum atomic E-state index is 6.07. The van der Waals surface area contributed by atoms with Crippen molar-refractivity contribution >= 4 is 0 Å².